The van der Waals surface area contributed by atoms with Crippen LogP contribution in [0.3, 0.4) is 0 Å². The van der Waals surface area contributed by atoms with Gasteiger partial charge in [-0.1, -0.05) is 23.9 Å². The van der Waals surface area contributed by atoms with Crippen LogP contribution < -0.4 is 5.32 Å². The number of benzene rings is 1. The average molecular weight is 265 g/mol. The number of nitro benzene ring substituents is 1. The fraction of sp³-hybridized carbons (Fsp3) is 0.200. The number of nitrogens with one attached hydrogen (secondary N) is 2. The van der Waals surface area contributed by atoms with Gasteiger partial charge in [-0.25, -0.2) is 4.98 Å². The number of thioether (sulfide) groups is 1. The molecule has 0 aliphatic carbocycles. The monoisotopic (exact) mass is 265 g/mol. The van der Waals surface area contributed by atoms with E-state index >= 15 is 0 Å². The third-order valence-corrected chi connectivity index (χ3v) is 3.26. The Balaban J connectivity index is 2.22. The minimum atomic E-state index is -0.394. The fourth-order valence-corrected chi connectivity index (χ4v) is 2.33. The molecule has 2 N–H and O–H groups in total. The smallest absolute Gasteiger partial charge is 0.292 e. The standard InChI is InChI=1S/C10H11N5O2S/c1-11-9-7(3-2-4-8(9)15(16)17)5-18-10-12-6-13-14-10/h2-4,6,11H,5H2,1H3,(H,12,13,14). The summed E-state index contributed by atoms with van der Waals surface area (Å²) < 4.78 is 0. The summed E-state index contributed by atoms with van der Waals surface area (Å²) in [7, 11) is 1.67. The van der Waals surface area contributed by atoms with Crippen LogP contribution in [0.4, 0.5) is 11.4 Å². The average Bonchev–Trinajstić information content (AvgIpc) is 2.88. The Hall–Kier alpha value is -2.09. The number of nitrogens with zero attached hydrogens (tertiary/aromatic N) is 3. The maximum Gasteiger partial charge on any atom is 0.292 e. The van der Waals surface area contributed by atoms with E-state index in [1.807, 2.05) is 6.07 Å². The van der Waals surface area contributed by atoms with Gasteiger partial charge in [0.25, 0.3) is 5.69 Å². The molecule has 0 spiro atoms. The lowest BCUT2D eigenvalue weighted by atomic mass is 10.1. The molecule has 0 aliphatic rings. The van der Waals surface area contributed by atoms with E-state index in [0.29, 0.717) is 16.6 Å². The lowest BCUT2D eigenvalue weighted by Crippen LogP contribution is -2.00. The van der Waals surface area contributed by atoms with E-state index in [-0.39, 0.29) is 5.69 Å². The minimum Gasteiger partial charge on any atom is -0.382 e. The maximum absolute atomic E-state index is 10.9. The van der Waals surface area contributed by atoms with Crippen molar-refractivity contribution in [2.24, 2.45) is 0 Å². The van der Waals surface area contributed by atoms with Crippen molar-refractivity contribution in [3.8, 4) is 0 Å². The van der Waals surface area contributed by atoms with E-state index in [9.17, 15) is 10.1 Å². The maximum atomic E-state index is 10.9. The number of nitro groups is 1. The molecule has 8 heteroatoms. The number of hydrogen-bond donors (Lipinski definition) is 2. The number of aromatic nitrogens is 3. The largest absolute Gasteiger partial charge is 0.382 e. The molecule has 18 heavy (non-hydrogen) atoms. The minimum absolute atomic E-state index is 0.0770. The van der Waals surface area contributed by atoms with Gasteiger partial charge in [0.1, 0.15) is 12.0 Å². The topological polar surface area (TPSA) is 96.7 Å². The van der Waals surface area contributed by atoms with Crippen molar-refractivity contribution in [2.45, 2.75) is 10.9 Å². The molecule has 94 valence electrons. The van der Waals surface area contributed by atoms with E-state index < -0.39 is 4.92 Å². The highest BCUT2D eigenvalue weighted by molar-refractivity contribution is 7.98. The Morgan fingerprint density at radius 3 is 3.00 bits per heavy atom. The summed E-state index contributed by atoms with van der Waals surface area (Å²) in [4.78, 5) is 14.5. The molecule has 0 saturated heterocycles. The van der Waals surface area contributed by atoms with Gasteiger partial charge in [-0.05, 0) is 5.56 Å². The first-order valence-corrected chi connectivity index (χ1v) is 6.13. The molecule has 7 nitrogen and oxygen atoms in total. The van der Waals surface area contributed by atoms with Crippen molar-refractivity contribution < 1.29 is 4.92 Å². The first-order valence-electron chi connectivity index (χ1n) is 5.14. The van der Waals surface area contributed by atoms with Crippen molar-refractivity contribution in [2.75, 3.05) is 12.4 Å². The highest BCUT2D eigenvalue weighted by Crippen LogP contribution is 2.31. The van der Waals surface area contributed by atoms with Gasteiger partial charge < -0.3 is 5.32 Å². The molecule has 2 rings (SSSR count). The normalized spacial score (nSPS) is 10.3. The van der Waals surface area contributed by atoms with E-state index in [4.69, 9.17) is 0 Å². The molecule has 0 radical (unpaired) electrons. The molecule has 0 aliphatic heterocycles. The predicted octanol–water partition coefficient (Wildman–Crippen LogP) is 2.05. The molecular weight excluding hydrogens is 254 g/mol. The summed E-state index contributed by atoms with van der Waals surface area (Å²) in [6.07, 6.45) is 1.43. The molecule has 0 fully saturated rings. The molecule has 2 aromatic rings. The zero-order valence-corrected chi connectivity index (χ0v) is 10.4. The molecule has 0 unspecified atom stereocenters. The number of H-pyrrole nitrogens is 1. The third-order valence-electron chi connectivity index (χ3n) is 2.33. The van der Waals surface area contributed by atoms with Crippen molar-refractivity contribution in [3.63, 3.8) is 0 Å². The fourth-order valence-electron chi connectivity index (χ4n) is 1.56. The molecule has 1 aromatic carbocycles. The highest BCUT2D eigenvalue weighted by Gasteiger charge is 2.16. The Labute approximate surface area is 107 Å². The summed E-state index contributed by atoms with van der Waals surface area (Å²) in [6, 6.07) is 5.01. The van der Waals surface area contributed by atoms with Crippen LogP contribution in [0.15, 0.2) is 29.7 Å². The number of hydrogen-bond acceptors (Lipinski definition) is 6. The van der Waals surface area contributed by atoms with Crippen molar-refractivity contribution >= 4 is 23.1 Å². The van der Waals surface area contributed by atoms with Crippen LogP contribution in [0.25, 0.3) is 0 Å². The van der Waals surface area contributed by atoms with Crippen molar-refractivity contribution in [1.29, 1.82) is 0 Å². The van der Waals surface area contributed by atoms with Crippen LogP contribution in [-0.4, -0.2) is 27.2 Å². The Morgan fingerprint density at radius 1 is 1.56 bits per heavy atom. The Morgan fingerprint density at radius 2 is 2.39 bits per heavy atom. The highest BCUT2D eigenvalue weighted by atomic mass is 32.2. The lowest BCUT2D eigenvalue weighted by molar-refractivity contribution is -0.384. The summed E-state index contributed by atoms with van der Waals surface area (Å²) in [6.45, 7) is 0. The quantitative estimate of drug-likeness (QED) is 0.488. The zero-order chi connectivity index (χ0) is 13.0. The van der Waals surface area contributed by atoms with Crippen LogP contribution >= 0.6 is 11.8 Å². The van der Waals surface area contributed by atoms with E-state index in [2.05, 4.69) is 20.5 Å². The van der Waals surface area contributed by atoms with Gasteiger partial charge in [0.15, 0.2) is 5.16 Å². The molecule has 0 saturated carbocycles. The van der Waals surface area contributed by atoms with Gasteiger partial charge in [0.05, 0.1) is 4.92 Å². The van der Waals surface area contributed by atoms with Crippen LogP contribution in [-0.2, 0) is 5.75 Å². The number of rotatable bonds is 5. The van der Waals surface area contributed by atoms with Crippen LogP contribution in [0, 0.1) is 10.1 Å². The molecule has 1 aromatic heterocycles. The first kappa shape index (κ1) is 12.4. The van der Waals surface area contributed by atoms with Gasteiger partial charge >= 0.3 is 0 Å². The second-order valence-electron chi connectivity index (χ2n) is 3.40. The number of para-hydroxylation sites is 1. The molecule has 0 bridgehead atoms. The SMILES string of the molecule is CNc1c(CSc2ncn[nH]2)cccc1[N+](=O)[O-]. The zero-order valence-electron chi connectivity index (χ0n) is 9.58. The van der Waals surface area contributed by atoms with Gasteiger partial charge in [-0.15, -0.1) is 0 Å². The summed E-state index contributed by atoms with van der Waals surface area (Å²) in [5.41, 5.74) is 1.47. The van der Waals surface area contributed by atoms with Crippen molar-refractivity contribution in [3.05, 3.63) is 40.2 Å². The van der Waals surface area contributed by atoms with E-state index in [0.717, 1.165) is 5.56 Å². The van der Waals surface area contributed by atoms with Gasteiger partial charge in [0, 0.05) is 18.9 Å². The molecular formula is C10H11N5O2S. The summed E-state index contributed by atoms with van der Waals surface area (Å²) in [5.74, 6) is 0.576. The Bertz CT molecular complexity index is 543. The molecule has 1 heterocycles. The summed E-state index contributed by atoms with van der Waals surface area (Å²) in [5, 5.41) is 20.9. The van der Waals surface area contributed by atoms with E-state index in [1.165, 1.54) is 24.2 Å². The van der Waals surface area contributed by atoms with Crippen LogP contribution in [0.5, 0.6) is 0 Å². The number of anilines is 1. The predicted molar refractivity (Wildman–Crippen MR) is 68.6 cm³/mol. The van der Waals surface area contributed by atoms with Crippen LogP contribution in [0.2, 0.25) is 0 Å². The van der Waals surface area contributed by atoms with Crippen LogP contribution in [0.1, 0.15) is 5.56 Å². The lowest BCUT2D eigenvalue weighted by Gasteiger charge is -2.08. The van der Waals surface area contributed by atoms with Gasteiger partial charge in [0.2, 0.25) is 0 Å². The third kappa shape index (κ3) is 2.59. The second-order valence-corrected chi connectivity index (χ2v) is 4.36. The number of aromatic amines is 1. The summed E-state index contributed by atoms with van der Waals surface area (Å²) >= 11 is 1.44. The molecule has 0 amide bonds. The van der Waals surface area contributed by atoms with E-state index in [1.54, 1.807) is 13.1 Å². The van der Waals surface area contributed by atoms with Gasteiger partial charge in [-0.3, -0.25) is 15.2 Å². The van der Waals surface area contributed by atoms with Crippen molar-refractivity contribution in [1.82, 2.24) is 15.2 Å². The Kier molecular flexibility index (Phi) is 3.78. The van der Waals surface area contributed by atoms with Gasteiger partial charge in [-0.2, -0.15) is 5.10 Å². The first-order chi connectivity index (χ1) is 8.72. The molecule has 0 atom stereocenters. The second kappa shape index (κ2) is 5.50.